The third kappa shape index (κ3) is 3.63. The molecule has 1 aliphatic heterocycles. The summed E-state index contributed by atoms with van der Waals surface area (Å²) in [6.07, 6.45) is 0.155. The summed E-state index contributed by atoms with van der Waals surface area (Å²) in [5.41, 5.74) is 1.77. The fourth-order valence-electron chi connectivity index (χ4n) is 2.09. The highest BCUT2D eigenvalue weighted by molar-refractivity contribution is 8.01. The molecule has 3 rings (SSSR count). The molecule has 0 radical (unpaired) electrons. The zero-order valence-electron chi connectivity index (χ0n) is 11.5. The fraction of sp³-hybridized carbons (Fsp3) is 0.200. The maximum atomic E-state index is 12.1. The molecule has 0 spiro atoms. The van der Waals surface area contributed by atoms with E-state index in [0.29, 0.717) is 17.3 Å². The Balaban J connectivity index is 1.59. The Morgan fingerprint density at radius 2 is 2.23 bits per heavy atom. The Kier molecular flexibility index (Phi) is 4.71. The number of carbonyl (C=O) groups excluding carboxylic acids is 2. The van der Waals surface area contributed by atoms with Gasteiger partial charge in [0, 0.05) is 22.9 Å². The van der Waals surface area contributed by atoms with Gasteiger partial charge in [0.2, 0.25) is 11.8 Å². The van der Waals surface area contributed by atoms with Crippen LogP contribution in [0.4, 0.5) is 5.69 Å². The topological polar surface area (TPSA) is 58.2 Å². The lowest BCUT2D eigenvalue weighted by Gasteiger charge is -2.23. The second-order valence-electron chi connectivity index (χ2n) is 4.85. The van der Waals surface area contributed by atoms with Crippen LogP contribution in [0.3, 0.4) is 0 Å². The van der Waals surface area contributed by atoms with Crippen LogP contribution in [0.2, 0.25) is 5.02 Å². The average Bonchev–Trinajstić information content (AvgIpc) is 2.99. The molecule has 7 heteroatoms. The Morgan fingerprint density at radius 1 is 1.36 bits per heavy atom. The van der Waals surface area contributed by atoms with Crippen molar-refractivity contribution in [1.29, 1.82) is 0 Å². The highest BCUT2D eigenvalue weighted by Gasteiger charge is 2.29. The average molecular weight is 353 g/mol. The van der Waals surface area contributed by atoms with E-state index < -0.39 is 5.25 Å². The molecule has 22 heavy (non-hydrogen) atoms. The van der Waals surface area contributed by atoms with E-state index in [1.165, 1.54) is 11.8 Å². The molecule has 1 aromatic heterocycles. The predicted molar refractivity (Wildman–Crippen MR) is 90.5 cm³/mol. The van der Waals surface area contributed by atoms with E-state index in [4.69, 9.17) is 11.6 Å². The van der Waals surface area contributed by atoms with Crippen LogP contribution in [-0.2, 0) is 16.1 Å². The molecule has 1 atom stereocenters. The number of amides is 2. The first kappa shape index (κ1) is 15.4. The van der Waals surface area contributed by atoms with E-state index in [1.807, 2.05) is 22.9 Å². The van der Waals surface area contributed by atoms with Gasteiger partial charge in [-0.15, -0.1) is 11.8 Å². The van der Waals surface area contributed by atoms with Crippen molar-refractivity contribution in [3.05, 3.63) is 45.6 Å². The molecule has 2 N–H and O–H groups in total. The van der Waals surface area contributed by atoms with Crippen molar-refractivity contribution >= 4 is 52.2 Å². The fourth-order valence-corrected chi connectivity index (χ4v) is 4.02. The number of anilines is 1. The summed E-state index contributed by atoms with van der Waals surface area (Å²) in [6.45, 7) is 0.494. The number of rotatable bonds is 4. The largest absolute Gasteiger partial charge is 0.352 e. The van der Waals surface area contributed by atoms with Crippen molar-refractivity contribution in [2.45, 2.75) is 23.1 Å². The Hall–Kier alpha value is -1.50. The van der Waals surface area contributed by atoms with Gasteiger partial charge in [-0.25, -0.2) is 0 Å². The number of thiophene rings is 1. The number of halogens is 1. The summed E-state index contributed by atoms with van der Waals surface area (Å²) >= 11 is 8.90. The maximum Gasteiger partial charge on any atom is 0.238 e. The number of fused-ring (bicyclic) bond motifs is 1. The normalized spacial score (nSPS) is 16.8. The number of nitrogens with one attached hydrogen (secondary N) is 2. The lowest BCUT2D eigenvalue weighted by Crippen LogP contribution is -2.34. The number of hydrogen-bond donors (Lipinski definition) is 2. The zero-order chi connectivity index (χ0) is 15.5. The number of thioether (sulfide) groups is 1. The van der Waals surface area contributed by atoms with Gasteiger partial charge in [0.25, 0.3) is 0 Å². The standard InChI is InChI=1S/C15H13ClN2O2S2/c16-10-1-2-12-11(5-10)18-15(20)13(22-12)6-14(19)17-7-9-3-4-21-8-9/h1-5,8,13H,6-7H2,(H,17,19)(H,18,20). The summed E-state index contributed by atoms with van der Waals surface area (Å²) < 4.78 is 0. The van der Waals surface area contributed by atoms with E-state index in [1.54, 1.807) is 23.5 Å². The van der Waals surface area contributed by atoms with Crippen LogP contribution in [0.5, 0.6) is 0 Å². The van der Waals surface area contributed by atoms with E-state index in [9.17, 15) is 9.59 Å². The molecule has 4 nitrogen and oxygen atoms in total. The maximum absolute atomic E-state index is 12.1. The molecule has 2 aromatic rings. The van der Waals surface area contributed by atoms with Crippen LogP contribution in [0.25, 0.3) is 0 Å². The minimum atomic E-state index is -0.420. The van der Waals surface area contributed by atoms with Crippen LogP contribution < -0.4 is 10.6 Å². The Morgan fingerprint density at radius 3 is 3.00 bits per heavy atom. The minimum Gasteiger partial charge on any atom is -0.352 e. The van der Waals surface area contributed by atoms with Crippen LogP contribution in [0.15, 0.2) is 39.9 Å². The molecule has 1 unspecified atom stereocenters. The van der Waals surface area contributed by atoms with Crippen molar-refractivity contribution in [3.63, 3.8) is 0 Å². The van der Waals surface area contributed by atoms with Crippen LogP contribution >= 0.6 is 34.7 Å². The monoisotopic (exact) mass is 352 g/mol. The van der Waals surface area contributed by atoms with Crippen LogP contribution in [0, 0.1) is 0 Å². The van der Waals surface area contributed by atoms with Gasteiger partial charge in [0.05, 0.1) is 10.9 Å². The molecule has 2 heterocycles. The molecule has 1 aliphatic rings. The SMILES string of the molecule is O=C(CC1Sc2ccc(Cl)cc2NC1=O)NCc1ccsc1. The first-order valence-electron chi connectivity index (χ1n) is 6.66. The highest BCUT2D eigenvalue weighted by atomic mass is 35.5. The van der Waals surface area contributed by atoms with E-state index in [-0.39, 0.29) is 18.2 Å². The van der Waals surface area contributed by atoms with Gasteiger partial charge in [-0.1, -0.05) is 11.6 Å². The minimum absolute atomic E-state index is 0.128. The molecular formula is C15H13ClN2O2S2. The van der Waals surface area contributed by atoms with E-state index >= 15 is 0 Å². The lowest BCUT2D eigenvalue weighted by atomic mass is 10.2. The molecule has 114 valence electrons. The third-order valence-corrected chi connectivity index (χ3v) is 5.44. The quantitative estimate of drug-likeness (QED) is 0.885. The van der Waals surface area contributed by atoms with Gasteiger partial charge >= 0.3 is 0 Å². The summed E-state index contributed by atoms with van der Waals surface area (Å²) in [7, 11) is 0. The first-order valence-corrected chi connectivity index (χ1v) is 8.87. The predicted octanol–water partition coefficient (Wildman–Crippen LogP) is 3.52. The van der Waals surface area contributed by atoms with Crippen molar-refractivity contribution in [2.24, 2.45) is 0 Å². The van der Waals surface area contributed by atoms with Crippen molar-refractivity contribution in [2.75, 3.05) is 5.32 Å². The highest BCUT2D eigenvalue weighted by Crippen LogP contribution is 2.38. The first-order chi connectivity index (χ1) is 10.6. The lowest BCUT2D eigenvalue weighted by molar-refractivity contribution is -0.124. The van der Waals surface area contributed by atoms with Gasteiger partial charge in [0.1, 0.15) is 0 Å². The molecule has 2 amide bonds. The molecule has 0 bridgehead atoms. The van der Waals surface area contributed by atoms with Crippen LogP contribution in [0.1, 0.15) is 12.0 Å². The summed E-state index contributed by atoms with van der Waals surface area (Å²) in [4.78, 5) is 25.0. The van der Waals surface area contributed by atoms with Crippen molar-refractivity contribution < 1.29 is 9.59 Å². The number of hydrogen-bond acceptors (Lipinski definition) is 4. The number of carbonyl (C=O) groups is 2. The Labute approximate surface area is 141 Å². The second-order valence-corrected chi connectivity index (χ2v) is 7.31. The third-order valence-electron chi connectivity index (χ3n) is 3.20. The van der Waals surface area contributed by atoms with E-state index in [2.05, 4.69) is 10.6 Å². The molecule has 0 fully saturated rings. The van der Waals surface area contributed by atoms with E-state index in [0.717, 1.165) is 10.5 Å². The van der Waals surface area contributed by atoms with Gasteiger partial charge < -0.3 is 10.6 Å². The van der Waals surface area contributed by atoms with Gasteiger partial charge in [-0.2, -0.15) is 11.3 Å². The molecule has 0 saturated carbocycles. The molecule has 0 aliphatic carbocycles. The van der Waals surface area contributed by atoms with Crippen LogP contribution in [-0.4, -0.2) is 17.1 Å². The van der Waals surface area contributed by atoms with Gasteiger partial charge in [-0.3, -0.25) is 9.59 Å². The molecular weight excluding hydrogens is 340 g/mol. The van der Waals surface area contributed by atoms with Gasteiger partial charge in [0.15, 0.2) is 0 Å². The molecule has 1 aromatic carbocycles. The summed E-state index contributed by atoms with van der Waals surface area (Å²) in [5.74, 6) is -0.290. The summed E-state index contributed by atoms with van der Waals surface area (Å²) in [6, 6.07) is 7.32. The smallest absolute Gasteiger partial charge is 0.238 e. The second kappa shape index (κ2) is 6.73. The van der Waals surface area contributed by atoms with Gasteiger partial charge in [-0.05, 0) is 40.6 Å². The van der Waals surface area contributed by atoms with Crippen molar-refractivity contribution in [3.8, 4) is 0 Å². The number of benzene rings is 1. The van der Waals surface area contributed by atoms with Crippen molar-refractivity contribution in [1.82, 2.24) is 5.32 Å². The zero-order valence-corrected chi connectivity index (χ0v) is 13.9. The summed E-state index contributed by atoms with van der Waals surface area (Å²) in [5, 5.41) is 9.75. The Bertz CT molecular complexity index is 704. The molecule has 0 saturated heterocycles.